The summed E-state index contributed by atoms with van der Waals surface area (Å²) >= 11 is 0. The summed E-state index contributed by atoms with van der Waals surface area (Å²) in [6, 6.07) is 14.3. The molecule has 31 heavy (non-hydrogen) atoms. The number of hydrogen-bond donors (Lipinski definition) is 1. The molecule has 3 heterocycles. The standard InChI is InChI=1S/C23H27N5O3/c1-30-20(15-29)23-24-21(27-9-11-31-12-10-27)14-22(25-23)28-19(17-7-8-17)13-18(26-28)16-5-3-2-4-6-16/h2-6,13-14,17,20,29H,7-12,15H2,1H3. The van der Waals surface area contributed by atoms with Crippen LogP contribution in [0.15, 0.2) is 42.5 Å². The lowest BCUT2D eigenvalue weighted by Crippen LogP contribution is -2.37. The molecule has 2 aromatic heterocycles. The van der Waals surface area contributed by atoms with E-state index in [9.17, 15) is 5.11 Å². The van der Waals surface area contributed by atoms with Crippen molar-refractivity contribution in [1.82, 2.24) is 19.7 Å². The first-order valence-electron chi connectivity index (χ1n) is 10.8. The molecule has 2 aliphatic rings. The molecular formula is C23H27N5O3. The molecule has 0 bridgehead atoms. The van der Waals surface area contributed by atoms with Crippen LogP contribution < -0.4 is 4.90 Å². The molecule has 1 aliphatic heterocycles. The van der Waals surface area contributed by atoms with E-state index in [-0.39, 0.29) is 6.61 Å². The monoisotopic (exact) mass is 421 g/mol. The Morgan fingerprint density at radius 3 is 2.52 bits per heavy atom. The van der Waals surface area contributed by atoms with Crippen molar-refractivity contribution >= 4 is 5.82 Å². The zero-order valence-corrected chi connectivity index (χ0v) is 17.6. The van der Waals surface area contributed by atoms with E-state index >= 15 is 0 Å². The molecule has 1 unspecified atom stereocenters. The minimum Gasteiger partial charge on any atom is -0.393 e. The van der Waals surface area contributed by atoms with Gasteiger partial charge in [0.2, 0.25) is 0 Å². The molecule has 1 saturated heterocycles. The number of hydrogen-bond acceptors (Lipinski definition) is 7. The van der Waals surface area contributed by atoms with Crippen LogP contribution in [0, 0.1) is 0 Å². The smallest absolute Gasteiger partial charge is 0.164 e. The highest BCUT2D eigenvalue weighted by Crippen LogP contribution is 2.42. The van der Waals surface area contributed by atoms with Gasteiger partial charge in [0.15, 0.2) is 11.6 Å². The van der Waals surface area contributed by atoms with Crippen LogP contribution in [0.25, 0.3) is 17.1 Å². The number of aromatic nitrogens is 4. The van der Waals surface area contributed by atoms with Crippen molar-refractivity contribution in [1.29, 1.82) is 0 Å². The van der Waals surface area contributed by atoms with Crippen molar-refractivity contribution in [3.63, 3.8) is 0 Å². The van der Waals surface area contributed by atoms with E-state index in [2.05, 4.69) is 23.1 Å². The normalized spacial score (nSPS) is 17.7. The summed E-state index contributed by atoms with van der Waals surface area (Å²) in [6.07, 6.45) is 1.73. The third-order valence-electron chi connectivity index (χ3n) is 5.81. The lowest BCUT2D eigenvalue weighted by molar-refractivity contribution is 0.0422. The minimum absolute atomic E-state index is 0.188. The number of morpholine rings is 1. The van der Waals surface area contributed by atoms with Crippen molar-refractivity contribution in [3.05, 3.63) is 54.0 Å². The van der Waals surface area contributed by atoms with Gasteiger partial charge in [-0.2, -0.15) is 5.10 Å². The Morgan fingerprint density at radius 1 is 1.10 bits per heavy atom. The van der Waals surface area contributed by atoms with Crippen molar-refractivity contribution in [2.75, 3.05) is 44.9 Å². The summed E-state index contributed by atoms with van der Waals surface area (Å²) in [4.78, 5) is 11.7. The van der Waals surface area contributed by atoms with E-state index in [4.69, 9.17) is 24.5 Å². The zero-order valence-electron chi connectivity index (χ0n) is 17.6. The average molecular weight is 422 g/mol. The third kappa shape index (κ3) is 4.19. The Morgan fingerprint density at radius 2 is 1.84 bits per heavy atom. The molecule has 2 fully saturated rings. The SMILES string of the molecule is COC(CO)c1nc(N2CCOCC2)cc(-n2nc(-c3ccccc3)cc2C2CC2)n1. The summed E-state index contributed by atoms with van der Waals surface area (Å²) in [5.74, 6) is 2.46. The molecule has 0 radical (unpaired) electrons. The third-order valence-corrected chi connectivity index (χ3v) is 5.81. The second-order valence-corrected chi connectivity index (χ2v) is 7.96. The number of rotatable bonds is 7. The maximum Gasteiger partial charge on any atom is 0.164 e. The molecule has 0 amide bonds. The molecule has 1 atom stereocenters. The van der Waals surface area contributed by atoms with Gasteiger partial charge in [-0.1, -0.05) is 30.3 Å². The summed E-state index contributed by atoms with van der Waals surface area (Å²) in [5, 5.41) is 14.7. The second kappa shape index (κ2) is 8.74. The first-order valence-corrected chi connectivity index (χ1v) is 10.8. The van der Waals surface area contributed by atoms with Crippen molar-refractivity contribution in [3.8, 4) is 17.1 Å². The minimum atomic E-state index is -0.590. The van der Waals surface area contributed by atoms with Crippen molar-refractivity contribution in [2.24, 2.45) is 0 Å². The highest BCUT2D eigenvalue weighted by molar-refractivity contribution is 5.60. The molecule has 3 aromatic rings. The van der Waals surface area contributed by atoms with Crippen LogP contribution in [0.4, 0.5) is 5.82 Å². The van der Waals surface area contributed by atoms with Gasteiger partial charge in [-0.15, -0.1) is 0 Å². The predicted octanol–water partition coefficient (Wildman–Crippen LogP) is 2.72. The highest BCUT2D eigenvalue weighted by Gasteiger charge is 2.30. The van der Waals surface area contributed by atoms with E-state index in [1.807, 2.05) is 28.9 Å². The summed E-state index contributed by atoms with van der Waals surface area (Å²) in [6.45, 7) is 2.66. The number of anilines is 1. The first-order chi connectivity index (χ1) is 15.3. The molecule has 0 spiro atoms. The molecule has 8 heteroatoms. The molecule has 162 valence electrons. The number of nitrogens with zero attached hydrogens (tertiary/aromatic N) is 5. The number of methoxy groups -OCH3 is 1. The van der Waals surface area contributed by atoms with Gasteiger partial charge < -0.3 is 19.5 Å². The molecule has 1 N–H and O–H groups in total. The molecule has 1 saturated carbocycles. The van der Waals surface area contributed by atoms with Crippen LogP contribution in [-0.4, -0.2) is 64.9 Å². The maximum atomic E-state index is 9.79. The molecule has 5 rings (SSSR count). The fraction of sp³-hybridized carbons (Fsp3) is 0.435. The quantitative estimate of drug-likeness (QED) is 0.628. The van der Waals surface area contributed by atoms with E-state index < -0.39 is 6.10 Å². The lowest BCUT2D eigenvalue weighted by Gasteiger charge is -2.28. The second-order valence-electron chi connectivity index (χ2n) is 7.96. The van der Waals surface area contributed by atoms with Gasteiger partial charge in [0, 0.05) is 43.4 Å². The Balaban J connectivity index is 1.61. The van der Waals surface area contributed by atoms with Crippen molar-refractivity contribution in [2.45, 2.75) is 24.9 Å². The fourth-order valence-corrected chi connectivity index (χ4v) is 3.91. The van der Waals surface area contributed by atoms with E-state index in [0.29, 0.717) is 30.8 Å². The summed E-state index contributed by atoms with van der Waals surface area (Å²) in [7, 11) is 1.56. The van der Waals surface area contributed by atoms with Crippen LogP contribution >= 0.6 is 0 Å². The van der Waals surface area contributed by atoms with Gasteiger partial charge in [0.1, 0.15) is 11.9 Å². The molecule has 1 aliphatic carbocycles. The summed E-state index contributed by atoms with van der Waals surface area (Å²) < 4.78 is 12.9. The first kappa shape index (κ1) is 20.1. The Kier molecular flexibility index (Phi) is 5.67. The number of aliphatic hydroxyl groups excluding tert-OH is 1. The highest BCUT2D eigenvalue weighted by atomic mass is 16.5. The van der Waals surface area contributed by atoms with Gasteiger partial charge in [0.05, 0.1) is 25.5 Å². The molecule has 1 aromatic carbocycles. The van der Waals surface area contributed by atoms with Gasteiger partial charge in [-0.3, -0.25) is 0 Å². The van der Waals surface area contributed by atoms with Crippen LogP contribution in [0.5, 0.6) is 0 Å². The Labute approximate surface area is 181 Å². The number of ether oxygens (including phenoxy) is 2. The van der Waals surface area contributed by atoms with Gasteiger partial charge in [-0.25, -0.2) is 14.6 Å². The fourth-order valence-electron chi connectivity index (χ4n) is 3.91. The zero-order chi connectivity index (χ0) is 21.2. The van der Waals surface area contributed by atoms with Crippen LogP contribution in [0.1, 0.15) is 36.4 Å². The average Bonchev–Trinajstić information content (AvgIpc) is 3.58. The lowest BCUT2D eigenvalue weighted by atomic mass is 10.1. The topological polar surface area (TPSA) is 85.5 Å². The predicted molar refractivity (Wildman–Crippen MR) is 116 cm³/mol. The van der Waals surface area contributed by atoms with E-state index in [1.165, 1.54) is 0 Å². The maximum absolute atomic E-state index is 9.79. The van der Waals surface area contributed by atoms with E-state index in [0.717, 1.165) is 48.7 Å². The van der Waals surface area contributed by atoms with Crippen LogP contribution in [0.2, 0.25) is 0 Å². The molecular weight excluding hydrogens is 394 g/mol. The largest absolute Gasteiger partial charge is 0.393 e. The van der Waals surface area contributed by atoms with Gasteiger partial charge in [-0.05, 0) is 18.9 Å². The number of aliphatic hydroxyl groups is 1. The Hall–Kier alpha value is -2.81. The van der Waals surface area contributed by atoms with Crippen molar-refractivity contribution < 1.29 is 14.6 Å². The van der Waals surface area contributed by atoms with Gasteiger partial charge >= 0.3 is 0 Å². The van der Waals surface area contributed by atoms with Gasteiger partial charge in [0.25, 0.3) is 0 Å². The van der Waals surface area contributed by atoms with Crippen LogP contribution in [0.3, 0.4) is 0 Å². The van der Waals surface area contributed by atoms with Crippen LogP contribution in [-0.2, 0) is 9.47 Å². The van der Waals surface area contributed by atoms with E-state index in [1.54, 1.807) is 7.11 Å². The molecule has 8 nitrogen and oxygen atoms in total. The Bertz CT molecular complexity index is 1020. The summed E-state index contributed by atoms with van der Waals surface area (Å²) in [5.41, 5.74) is 3.17. The number of benzene rings is 1.